The van der Waals surface area contributed by atoms with E-state index in [1.54, 1.807) is 0 Å². The van der Waals surface area contributed by atoms with Crippen molar-refractivity contribution in [3.8, 4) is 0 Å². The van der Waals surface area contributed by atoms with E-state index in [0.717, 1.165) is 41.2 Å². The summed E-state index contributed by atoms with van der Waals surface area (Å²) in [5.74, 6) is 0.517. The molecule has 3 aromatic rings. The van der Waals surface area contributed by atoms with Gasteiger partial charge in [-0.2, -0.15) is 5.10 Å². The number of nitrogens with zero attached hydrogens (tertiary/aromatic N) is 3. The van der Waals surface area contributed by atoms with E-state index in [1.807, 2.05) is 16.8 Å². The van der Waals surface area contributed by atoms with Gasteiger partial charge in [0, 0.05) is 23.5 Å². The van der Waals surface area contributed by atoms with Crippen LogP contribution >= 0.6 is 0 Å². The second-order valence-corrected chi connectivity index (χ2v) is 4.97. The van der Waals surface area contributed by atoms with E-state index < -0.39 is 0 Å². The third-order valence-electron chi connectivity index (χ3n) is 3.51. The van der Waals surface area contributed by atoms with Gasteiger partial charge in [0.1, 0.15) is 5.52 Å². The normalized spacial score (nSPS) is 11.5. The molecule has 98 valence electrons. The number of hydrogen-bond donors (Lipinski definition) is 1. The van der Waals surface area contributed by atoms with Gasteiger partial charge in [-0.1, -0.05) is 25.5 Å². The molecule has 1 aromatic carbocycles. The van der Waals surface area contributed by atoms with Crippen molar-refractivity contribution in [1.82, 2.24) is 14.8 Å². The van der Waals surface area contributed by atoms with Crippen LogP contribution in [0.3, 0.4) is 0 Å². The molecular formula is C15H18N4. The van der Waals surface area contributed by atoms with Gasteiger partial charge < -0.3 is 5.73 Å². The quantitative estimate of drug-likeness (QED) is 0.780. The number of pyridine rings is 1. The number of rotatable bonds is 3. The van der Waals surface area contributed by atoms with Gasteiger partial charge in [-0.05, 0) is 25.0 Å². The number of aromatic nitrogens is 3. The lowest BCUT2D eigenvalue weighted by molar-refractivity contribution is 0.577. The zero-order chi connectivity index (χ0) is 13.4. The van der Waals surface area contributed by atoms with E-state index in [2.05, 4.69) is 36.2 Å². The maximum Gasteiger partial charge on any atom is 0.152 e. The molecule has 4 nitrogen and oxygen atoms in total. The topological polar surface area (TPSA) is 56.7 Å². The van der Waals surface area contributed by atoms with Crippen LogP contribution < -0.4 is 5.73 Å². The SMILES string of the molecule is CCCCn1cc2c(n1)c(N)nc1cccc(C)c12. The van der Waals surface area contributed by atoms with Crippen LogP contribution in [0.4, 0.5) is 5.82 Å². The van der Waals surface area contributed by atoms with Crippen LogP contribution in [0, 0.1) is 6.92 Å². The van der Waals surface area contributed by atoms with Crippen molar-refractivity contribution in [2.45, 2.75) is 33.2 Å². The second kappa shape index (κ2) is 4.53. The minimum Gasteiger partial charge on any atom is -0.382 e. The Labute approximate surface area is 112 Å². The van der Waals surface area contributed by atoms with Gasteiger partial charge in [0.25, 0.3) is 0 Å². The molecule has 0 aliphatic rings. The molecule has 3 rings (SSSR count). The minimum absolute atomic E-state index is 0.517. The fourth-order valence-corrected chi connectivity index (χ4v) is 2.51. The lowest BCUT2D eigenvalue weighted by atomic mass is 10.1. The fraction of sp³-hybridized carbons (Fsp3) is 0.333. The number of nitrogens with two attached hydrogens (primary N) is 1. The molecule has 2 aromatic heterocycles. The van der Waals surface area contributed by atoms with Gasteiger partial charge in [-0.3, -0.25) is 4.68 Å². The highest BCUT2D eigenvalue weighted by Crippen LogP contribution is 2.29. The molecule has 2 N–H and O–H groups in total. The van der Waals surface area contributed by atoms with E-state index in [0.29, 0.717) is 5.82 Å². The fourth-order valence-electron chi connectivity index (χ4n) is 2.51. The van der Waals surface area contributed by atoms with Crippen LogP contribution in [0.15, 0.2) is 24.4 Å². The van der Waals surface area contributed by atoms with Crippen molar-refractivity contribution < 1.29 is 0 Å². The van der Waals surface area contributed by atoms with Gasteiger partial charge >= 0.3 is 0 Å². The van der Waals surface area contributed by atoms with Crippen molar-refractivity contribution in [1.29, 1.82) is 0 Å². The number of hydrogen-bond acceptors (Lipinski definition) is 3. The third-order valence-corrected chi connectivity index (χ3v) is 3.51. The molecule has 0 amide bonds. The molecular weight excluding hydrogens is 236 g/mol. The maximum atomic E-state index is 6.03. The zero-order valence-electron chi connectivity index (χ0n) is 11.3. The molecule has 0 bridgehead atoms. The van der Waals surface area contributed by atoms with Crippen molar-refractivity contribution >= 4 is 27.6 Å². The van der Waals surface area contributed by atoms with Gasteiger partial charge in [0.15, 0.2) is 5.82 Å². The lowest BCUT2D eigenvalue weighted by Crippen LogP contribution is -1.98. The molecule has 0 fully saturated rings. The van der Waals surface area contributed by atoms with Crippen molar-refractivity contribution in [2.24, 2.45) is 0 Å². The van der Waals surface area contributed by atoms with Gasteiger partial charge in [-0.15, -0.1) is 0 Å². The number of anilines is 1. The average molecular weight is 254 g/mol. The molecule has 0 aliphatic heterocycles. The van der Waals surface area contributed by atoms with Gasteiger partial charge in [0.2, 0.25) is 0 Å². The summed E-state index contributed by atoms with van der Waals surface area (Å²) in [6.07, 6.45) is 4.38. The highest BCUT2D eigenvalue weighted by molar-refractivity contribution is 6.09. The summed E-state index contributed by atoms with van der Waals surface area (Å²) in [5.41, 5.74) is 9.00. The Kier molecular flexibility index (Phi) is 2.85. The number of nitrogen functional groups attached to an aromatic ring is 1. The Morgan fingerprint density at radius 1 is 1.32 bits per heavy atom. The summed E-state index contributed by atoms with van der Waals surface area (Å²) >= 11 is 0. The van der Waals surface area contributed by atoms with Crippen LogP contribution in [-0.4, -0.2) is 14.8 Å². The van der Waals surface area contributed by atoms with Crippen LogP contribution in [0.25, 0.3) is 21.8 Å². The van der Waals surface area contributed by atoms with E-state index in [4.69, 9.17) is 5.73 Å². The average Bonchev–Trinajstić information content (AvgIpc) is 2.81. The number of fused-ring (bicyclic) bond motifs is 3. The van der Waals surface area contributed by atoms with Crippen LogP contribution in [0.1, 0.15) is 25.3 Å². The summed E-state index contributed by atoms with van der Waals surface area (Å²) in [6, 6.07) is 6.11. The molecule has 0 saturated heterocycles. The Balaban J connectivity index is 2.30. The largest absolute Gasteiger partial charge is 0.382 e. The molecule has 2 heterocycles. The van der Waals surface area contributed by atoms with Crippen molar-refractivity contribution in [3.05, 3.63) is 30.0 Å². The molecule has 0 atom stereocenters. The lowest BCUT2D eigenvalue weighted by Gasteiger charge is -2.03. The first-order valence-electron chi connectivity index (χ1n) is 6.72. The summed E-state index contributed by atoms with van der Waals surface area (Å²) in [6.45, 7) is 5.21. The number of benzene rings is 1. The monoisotopic (exact) mass is 254 g/mol. The van der Waals surface area contributed by atoms with Crippen LogP contribution in [-0.2, 0) is 6.54 Å². The zero-order valence-corrected chi connectivity index (χ0v) is 11.3. The van der Waals surface area contributed by atoms with E-state index in [9.17, 15) is 0 Å². The van der Waals surface area contributed by atoms with Gasteiger partial charge in [-0.25, -0.2) is 4.98 Å². The molecule has 0 unspecified atom stereocenters. The van der Waals surface area contributed by atoms with Gasteiger partial charge in [0.05, 0.1) is 5.52 Å². The first kappa shape index (κ1) is 12.0. The summed E-state index contributed by atoms with van der Waals surface area (Å²) in [5, 5.41) is 6.84. The van der Waals surface area contributed by atoms with E-state index in [-0.39, 0.29) is 0 Å². The highest BCUT2D eigenvalue weighted by atomic mass is 15.3. The van der Waals surface area contributed by atoms with Crippen LogP contribution in [0.2, 0.25) is 0 Å². The standard InChI is InChI=1S/C15H18N4/c1-3-4-8-19-9-11-13-10(2)6-5-7-12(13)17-15(16)14(11)18-19/h5-7,9H,3-4,8H2,1-2H3,(H2,16,17). The Morgan fingerprint density at radius 2 is 2.16 bits per heavy atom. The predicted molar refractivity (Wildman–Crippen MR) is 79.1 cm³/mol. The van der Waals surface area contributed by atoms with Crippen molar-refractivity contribution in [3.63, 3.8) is 0 Å². The Hall–Kier alpha value is -2.10. The Bertz CT molecular complexity index is 743. The molecule has 0 aliphatic carbocycles. The smallest absolute Gasteiger partial charge is 0.152 e. The molecule has 19 heavy (non-hydrogen) atoms. The van der Waals surface area contributed by atoms with Crippen LogP contribution in [0.5, 0.6) is 0 Å². The van der Waals surface area contributed by atoms with E-state index in [1.165, 1.54) is 5.56 Å². The predicted octanol–water partition coefficient (Wildman–Crippen LogP) is 3.28. The summed E-state index contributed by atoms with van der Waals surface area (Å²) in [4.78, 5) is 4.46. The molecule has 0 spiro atoms. The minimum atomic E-state index is 0.517. The Morgan fingerprint density at radius 3 is 2.95 bits per heavy atom. The highest BCUT2D eigenvalue weighted by Gasteiger charge is 2.11. The second-order valence-electron chi connectivity index (χ2n) is 4.97. The molecule has 0 radical (unpaired) electrons. The summed E-state index contributed by atoms with van der Waals surface area (Å²) < 4.78 is 1.98. The third kappa shape index (κ3) is 1.93. The first-order valence-corrected chi connectivity index (χ1v) is 6.72. The molecule has 0 saturated carbocycles. The van der Waals surface area contributed by atoms with E-state index >= 15 is 0 Å². The first-order chi connectivity index (χ1) is 9.20. The van der Waals surface area contributed by atoms with Crippen molar-refractivity contribution in [2.75, 3.05) is 5.73 Å². The summed E-state index contributed by atoms with van der Waals surface area (Å²) in [7, 11) is 0. The molecule has 4 heteroatoms. The number of unbranched alkanes of at least 4 members (excludes halogenated alkanes) is 1. The number of aryl methyl sites for hydroxylation is 2. The maximum absolute atomic E-state index is 6.03.